The highest BCUT2D eigenvalue weighted by molar-refractivity contribution is 5.95. The van der Waals surface area contributed by atoms with Gasteiger partial charge in [0.25, 0.3) is 5.91 Å². The molecule has 28 heavy (non-hydrogen) atoms. The van der Waals surface area contributed by atoms with Crippen molar-refractivity contribution in [2.75, 3.05) is 6.54 Å². The summed E-state index contributed by atoms with van der Waals surface area (Å²) in [5.41, 5.74) is 6.36. The van der Waals surface area contributed by atoms with Crippen molar-refractivity contribution in [2.24, 2.45) is 0 Å². The molecule has 0 saturated heterocycles. The average molecular weight is 367 g/mol. The Morgan fingerprint density at radius 1 is 1.11 bits per heavy atom. The van der Waals surface area contributed by atoms with Gasteiger partial charge in [-0.05, 0) is 48.7 Å². The Bertz CT molecular complexity index is 1160. The molecule has 4 heteroatoms. The van der Waals surface area contributed by atoms with Gasteiger partial charge in [-0.2, -0.15) is 0 Å². The lowest BCUT2D eigenvalue weighted by Crippen LogP contribution is -2.40. The van der Waals surface area contributed by atoms with Crippen LogP contribution in [-0.4, -0.2) is 27.3 Å². The van der Waals surface area contributed by atoms with E-state index in [-0.39, 0.29) is 11.9 Å². The van der Waals surface area contributed by atoms with Crippen molar-refractivity contribution in [3.8, 4) is 0 Å². The van der Waals surface area contributed by atoms with Crippen LogP contribution >= 0.6 is 0 Å². The van der Waals surface area contributed by atoms with Crippen LogP contribution in [0.15, 0.2) is 73.1 Å². The zero-order valence-electron chi connectivity index (χ0n) is 15.7. The molecule has 5 rings (SSSR count). The number of amides is 1. The number of hydrogen-bond donors (Lipinski definition) is 1. The minimum absolute atomic E-state index is 0.0573. The highest BCUT2D eigenvalue weighted by Gasteiger charge is 2.35. The molecule has 4 nitrogen and oxygen atoms in total. The summed E-state index contributed by atoms with van der Waals surface area (Å²) in [7, 11) is 0. The SMILES string of the molecule is Cc1cccc(C(=O)N2CCc3c([nH]c4ccccc34)C2c2cccnc2)c1. The molecule has 0 fully saturated rings. The molecule has 1 atom stereocenters. The lowest BCUT2D eigenvalue weighted by Gasteiger charge is -2.36. The van der Waals surface area contributed by atoms with Gasteiger partial charge in [0.05, 0.1) is 6.04 Å². The van der Waals surface area contributed by atoms with Crippen molar-refractivity contribution >= 4 is 16.8 Å². The first-order valence-corrected chi connectivity index (χ1v) is 9.59. The minimum Gasteiger partial charge on any atom is -0.356 e. The third-order valence-electron chi connectivity index (χ3n) is 5.56. The van der Waals surface area contributed by atoms with Crippen LogP contribution in [0.5, 0.6) is 0 Å². The first kappa shape index (κ1) is 16.8. The monoisotopic (exact) mass is 367 g/mol. The zero-order chi connectivity index (χ0) is 19.1. The van der Waals surface area contributed by atoms with Crippen LogP contribution in [0.2, 0.25) is 0 Å². The third kappa shape index (κ3) is 2.69. The molecule has 4 aromatic rings. The Morgan fingerprint density at radius 2 is 2.00 bits per heavy atom. The number of rotatable bonds is 2. The minimum atomic E-state index is -0.169. The van der Waals surface area contributed by atoms with E-state index < -0.39 is 0 Å². The van der Waals surface area contributed by atoms with Crippen molar-refractivity contribution in [2.45, 2.75) is 19.4 Å². The standard InChI is InChI=1S/C24H21N3O/c1-16-6-4-7-17(14-16)24(28)27-13-11-20-19-9-2-3-10-21(19)26-22(20)23(27)18-8-5-12-25-15-18/h2-10,12,14-15,23,26H,11,13H2,1H3. The van der Waals surface area contributed by atoms with Crippen LogP contribution < -0.4 is 0 Å². The molecule has 0 saturated carbocycles. The molecule has 2 aromatic heterocycles. The van der Waals surface area contributed by atoms with E-state index in [0.717, 1.165) is 34.3 Å². The summed E-state index contributed by atoms with van der Waals surface area (Å²) < 4.78 is 0. The lowest BCUT2D eigenvalue weighted by molar-refractivity contribution is 0.0691. The molecule has 1 aliphatic rings. The smallest absolute Gasteiger partial charge is 0.254 e. The Hall–Kier alpha value is -3.40. The number of para-hydroxylation sites is 1. The Kier molecular flexibility index (Phi) is 3.97. The molecule has 3 heterocycles. The van der Waals surface area contributed by atoms with Crippen molar-refractivity contribution in [1.82, 2.24) is 14.9 Å². The largest absolute Gasteiger partial charge is 0.356 e. The van der Waals surface area contributed by atoms with Crippen molar-refractivity contribution < 1.29 is 4.79 Å². The predicted octanol–water partition coefficient (Wildman–Crippen LogP) is 4.66. The molecular formula is C24H21N3O. The lowest BCUT2D eigenvalue weighted by atomic mass is 9.92. The van der Waals surface area contributed by atoms with E-state index in [9.17, 15) is 4.79 Å². The second-order valence-corrected chi connectivity index (χ2v) is 7.37. The number of hydrogen-bond acceptors (Lipinski definition) is 2. The molecule has 138 valence electrons. The fraction of sp³-hybridized carbons (Fsp3) is 0.167. The quantitative estimate of drug-likeness (QED) is 0.560. The van der Waals surface area contributed by atoms with Crippen LogP contribution in [0.3, 0.4) is 0 Å². The van der Waals surface area contributed by atoms with E-state index in [1.165, 1.54) is 10.9 Å². The van der Waals surface area contributed by atoms with Crippen molar-refractivity contribution in [1.29, 1.82) is 0 Å². The zero-order valence-corrected chi connectivity index (χ0v) is 15.7. The average Bonchev–Trinajstić information content (AvgIpc) is 3.12. The number of carbonyl (C=O) groups is 1. The summed E-state index contributed by atoms with van der Waals surface area (Å²) in [6, 6.07) is 20.0. The normalized spacial score (nSPS) is 16.2. The summed E-state index contributed by atoms with van der Waals surface area (Å²) in [6.45, 7) is 2.70. The number of aromatic amines is 1. The second-order valence-electron chi connectivity index (χ2n) is 7.37. The number of aromatic nitrogens is 2. The number of aryl methyl sites for hydroxylation is 1. The van der Waals surface area contributed by atoms with Gasteiger partial charge in [-0.25, -0.2) is 0 Å². The maximum absolute atomic E-state index is 13.5. The van der Waals surface area contributed by atoms with E-state index >= 15 is 0 Å². The van der Waals surface area contributed by atoms with Crippen LogP contribution in [-0.2, 0) is 6.42 Å². The summed E-state index contributed by atoms with van der Waals surface area (Å²) >= 11 is 0. The first-order chi connectivity index (χ1) is 13.7. The third-order valence-corrected chi connectivity index (χ3v) is 5.56. The van der Waals surface area contributed by atoms with Crippen LogP contribution in [0, 0.1) is 6.92 Å². The van der Waals surface area contributed by atoms with E-state index in [1.54, 1.807) is 6.20 Å². The van der Waals surface area contributed by atoms with Gasteiger partial charge in [0.15, 0.2) is 0 Å². The predicted molar refractivity (Wildman–Crippen MR) is 110 cm³/mol. The number of pyridine rings is 1. The van der Waals surface area contributed by atoms with Gasteiger partial charge in [0, 0.05) is 41.1 Å². The molecule has 0 bridgehead atoms. The number of fused-ring (bicyclic) bond motifs is 3. The molecule has 0 spiro atoms. The van der Waals surface area contributed by atoms with Gasteiger partial charge in [-0.3, -0.25) is 9.78 Å². The van der Waals surface area contributed by atoms with Crippen molar-refractivity contribution in [3.05, 3.63) is 101 Å². The van der Waals surface area contributed by atoms with Gasteiger partial charge >= 0.3 is 0 Å². The van der Waals surface area contributed by atoms with Gasteiger partial charge in [0.2, 0.25) is 0 Å². The van der Waals surface area contributed by atoms with E-state index in [2.05, 4.69) is 34.2 Å². The van der Waals surface area contributed by atoms with E-state index in [1.807, 2.05) is 54.4 Å². The van der Waals surface area contributed by atoms with Gasteiger partial charge in [0.1, 0.15) is 0 Å². The number of carbonyl (C=O) groups excluding carboxylic acids is 1. The van der Waals surface area contributed by atoms with E-state index in [4.69, 9.17) is 0 Å². The molecule has 0 radical (unpaired) electrons. The first-order valence-electron chi connectivity index (χ1n) is 9.59. The van der Waals surface area contributed by atoms with Crippen LogP contribution in [0.1, 0.15) is 38.8 Å². The Morgan fingerprint density at radius 3 is 2.82 bits per heavy atom. The molecule has 1 N–H and O–H groups in total. The van der Waals surface area contributed by atoms with Crippen LogP contribution in [0.25, 0.3) is 10.9 Å². The molecule has 1 unspecified atom stereocenters. The Labute approximate surface area is 163 Å². The fourth-order valence-corrected chi connectivity index (χ4v) is 4.29. The fourth-order valence-electron chi connectivity index (χ4n) is 4.29. The van der Waals surface area contributed by atoms with Gasteiger partial charge in [-0.15, -0.1) is 0 Å². The topological polar surface area (TPSA) is 49.0 Å². The number of nitrogens with zero attached hydrogens (tertiary/aromatic N) is 2. The number of nitrogens with one attached hydrogen (secondary N) is 1. The highest BCUT2D eigenvalue weighted by Crippen LogP contribution is 2.38. The highest BCUT2D eigenvalue weighted by atomic mass is 16.2. The molecule has 2 aromatic carbocycles. The van der Waals surface area contributed by atoms with Gasteiger partial charge in [-0.1, -0.05) is 42.0 Å². The van der Waals surface area contributed by atoms with Gasteiger partial charge < -0.3 is 9.88 Å². The number of H-pyrrole nitrogens is 1. The maximum atomic E-state index is 13.5. The molecular weight excluding hydrogens is 346 g/mol. The summed E-state index contributed by atoms with van der Waals surface area (Å²) in [6.07, 6.45) is 4.47. The Balaban J connectivity index is 1.66. The molecule has 1 aliphatic heterocycles. The number of benzene rings is 2. The second kappa shape index (κ2) is 6.64. The molecule has 1 amide bonds. The molecule has 0 aliphatic carbocycles. The van der Waals surface area contributed by atoms with Crippen molar-refractivity contribution in [3.63, 3.8) is 0 Å². The maximum Gasteiger partial charge on any atom is 0.254 e. The van der Waals surface area contributed by atoms with E-state index in [0.29, 0.717) is 6.54 Å². The summed E-state index contributed by atoms with van der Waals surface area (Å²) in [5.74, 6) is 0.0573. The summed E-state index contributed by atoms with van der Waals surface area (Å²) in [4.78, 5) is 23.3. The summed E-state index contributed by atoms with van der Waals surface area (Å²) in [5, 5.41) is 1.24. The van der Waals surface area contributed by atoms with Crippen LogP contribution in [0.4, 0.5) is 0 Å².